The van der Waals surface area contributed by atoms with Crippen molar-refractivity contribution in [3.8, 4) is 0 Å². The number of halogens is 3. The van der Waals surface area contributed by atoms with E-state index in [4.69, 9.17) is 0 Å². The number of carbonyl (C=O) groups excluding carboxylic acids is 1. The number of hydrogen-bond acceptors (Lipinski definition) is 4. The molecule has 148 valence electrons. The second kappa shape index (κ2) is 7.63. The third-order valence-corrected chi connectivity index (χ3v) is 5.47. The molecule has 2 N–H and O–H groups in total. The highest BCUT2D eigenvalue weighted by atomic mass is 32.2. The first-order valence-electron chi connectivity index (χ1n) is 8.35. The van der Waals surface area contributed by atoms with E-state index in [0.29, 0.717) is 22.7 Å². The van der Waals surface area contributed by atoms with E-state index in [9.17, 15) is 26.4 Å². The number of pyridine rings is 1. The summed E-state index contributed by atoms with van der Waals surface area (Å²) >= 11 is 0. The number of Topliss-reactive ketones (excluding diaryl/α,β-unsaturated/α-hetero) is 1. The molecule has 0 unspecified atom stereocenters. The fourth-order valence-electron chi connectivity index (χ4n) is 2.77. The maximum absolute atomic E-state index is 14.7. The molecule has 2 aromatic heterocycles. The van der Waals surface area contributed by atoms with Crippen LogP contribution in [0.5, 0.6) is 0 Å². The highest BCUT2D eigenvalue weighted by molar-refractivity contribution is 7.92. The van der Waals surface area contributed by atoms with Crippen LogP contribution >= 0.6 is 0 Å². The molecule has 0 saturated heterocycles. The molecule has 0 atom stereocenters. The van der Waals surface area contributed by atoms with Gasteiger partial charge in [-0.15, -0.1) is 0 Å². The highest BCUT2D eigenvalue weighted by Crippen LogP contribution is 2.26. The summed E-state index contributed by atoms with van der Waals surface area (Å²) in [6.07, 6.45) is 2.80. The summed E-state index contributed by atoms with van der Waals surface area (Å²) in [4.78, 5) is 19.4. The van der Waals surface area contributed by atoms with Crippen LogP contribution in [0.15, 0.2) is 30.6 Å². The van der Waals surface area contributed by atoms with Crippen molar-refractivity contribution < 1.29 is 26.4 Å². The minimum absolute atomic E-state index is 0.237. The van der Waals surface area contributed by atoms with Gasteiger partial charge in [0.15, 0.2) is 23.2 Å². The second-order valence-electron chi connectivity index (χ2n) is 6.19. The molecule has 0 amide bonds. The first-order chi connectivity index (χ1) is 13.2. The number of aromatic amines is 1. The SMILES string of the molecule is CCCS(=O)(=O)Nc1cc(F)c(F)c(C(=O)Cc2cnc3[nH]ccc3c2)c1F. The Hall–Kier alpha value is -2.88. The van der Waals surface area contributed by atoms with Gasteiger partial charge >= 0.3 is 0 Å². The monoisotopic (exact) mass is 411 g/mol. The average Bonchev–Trinajstić information content (AvgIpc) is 3.07. The Balaban J connectivity index is 1.96. The largest absolute Gasteiger partial charge is 0.346 e. The highest BCUT2D eigenvalue weighted by Gasteiger charge is 2.26. The molecule has 3 rings (SSSR count). The molecule has 10 heteroatoms. The zero-order valence-electron chi connectivity index (χ0n) is 14.7. The summed E-state index contributed by atoms with van der Waals surface area (Å²) in [7, 11) is -3.96. The predicted octanol–water partition coefficient (Wildman–Crippen LogP) is 3.56. The number of anilines is 1. The van der Waals surface area contributed by atoms with E-state index in [2.05, 4.69) is 9.97 Å². The molecule has 0 aliphatic rings. The lowest BCUT2D eigenvalue weighted by molar-refractivity contribution is 0.0983. The molecule has 0 aliphatic carbocycles. The van der Waals surface area contributed by atoms with E-state index < -0.39 is 50.9 Å². The van der Waals surface area contributed by atoms with Gasteiger partial charge in [0, 0.05) is 30.3 Å². The average molecular weight is 411 g/mol. The van der Waals surface area contributed by atoms with E-state index in [1.54, 1.807) is 25.3 Å². The standard InChI is InChI=1S/C18H16F3N3O3S/c1-2-5-28(26,27)24-13-8-12(19)16(20)15(17(13)21)14(25)7-10-6-11-3-4-22-18(11)23-9-10/h3-4,6,8-9,24H,2,5,7H2,1H3,(H,22,23). The fraction of sp³-hybridized carbons (Fsp3) is 0.222. The number of sulfonamides is 1. The summed E-state index contributed by atoms with van der Waals surface area (Å²) in [6, 6.07) is 3.69. The Morgan fingerprint density at radius 3 is 2.68 bits per heavy atom. The lowest BCUT2D eigenvalue weighted by Crippen LogP contribution is -2.19. The summed E-state index contributed by atoms with van der Waals surface area (Å²) < 4.78 is 68.2. The van der Waals surface area contributed by atoms with Gasteiger partial charge in [0.2, 0.25) is 10.0 Å². The smallest absolute Gasteiger partial charge is 0.232 e. The lowest BCUT2D eigenvalue weighted by Gasteiger charge is -2.12. The lowest BCUT2D eigenvalue weighted by atomic mass is 10.0. The van der Waals surface area contributed by atoms with Crippen molar-refractivity contribution in [2.45, 2.75) is 19.8 Å². The van der Waals surface area contributed by atoms with Crippen molar-refractivity contribution in [2.75, 3.05) is 10.5 Å². The van der Waals surface area contributed by atoms with Gasteiger partial charge in [0.05, 0.1) is 17.0 Å². The summed E-state index contributed by atoms with van der Waals surface area (Å²) in [6.45, 7) is 1.59. The minimum atomic E-state index is -3.96. The molecular formula is C18H16F3N3O3S. The second-order valence-corrected chi connectivity index (χ2v) is 8.03. The van der Waals surface area contributed by atoms with Gasteiger partial charge in [-0.3, -0.25) is 9.52 Å². The quantitative estimate of drug-likeness (QED) is 0.459. The number of benzene rings is 1. The van der Waals surface area contributed by atoms with E-state index in [1.807, 2.05) is 4.72 Å². The fourth-order valence-corrected chi connectivity index (χ4v) is 3.89. The molecule has 6 nitrogen and oxygen atoms in total. The van der Waals surface area contributed by atoms with Gasteiger partial charge in [-0.25, -0.2) is 26.6 Å². The Kier molecular flexibility index (Phi) is 5.41. The third-order valence-electron chi connectivity index (χ3n) is 3.99. The van der Waals surface area contributed by atoms with Crippen LogP contribution in [-0.4, -0.2) is 29.9 Å². The first-order valence-corrected chi connectivity index (χ1v) is 10.00. The Morgan fingerprint density at radius 1 is 1.21 bits per heavy atom. The molecular weight excluding hydrogens is 395 g/mol. The number of nitrogens with one attached hydrogen (secondary N) is 2. The molecule has 0 bridgehead atoms. The van der Waals surface area contributed by atoms with Crippen LogP contribution in [0, 0.1) is 17.5 Å². The van der Waals surface area contributed by atoms with Crippen LogP contribution < -0.4 is 4.72 Å². The van der Waals surface area contributed by atoms with Crippen molar-refractivity contribution in [1.82, 2.24) is 9.97 Å². The number of ketones is 1. The number of nitrogens with zero attached hydrogens (tertiary/aromatic N) is 1. The zero-order valence-corrected chi connectivity index (χ0v) is 15.5. The minimum Gasteiger partial charge on any atom is -0.346 e. The molecule has 0 radical (unpaired) electrons. The van der Waals surface area contributed by atoms with Gasteiger partial charge in [0.1, 0.15) is 5.65 Å². The van der Waals surface area contributed by atoms with Crippen molar-refractivity contribution in [2.24, 2.45) is 0 Å². The zero-order chi connectivity index (χ0) is 20.5. The predicted molar refractivity (Wildman–Crippen MR) is 98.1 cm³/mol. The van der Waals surface area contributed by atoms with Crippen LogP contribution in [-0.2, 0) is 16.4 Å². The molecule has 0 aliphatic heterocycles. The molecule has 0 fully saturated rings. The van der Waals surface area contributed by atoms with Crippen LogP contribution in [0.25, 0.3) is 11.0 Å². The van der Waals surface area contributed by atoms with Gasteiger partial charge in [-0.1, -0.05) is 6.92 Å². The molecule has 1 aromatic carbocycles. The van der Waals surface area contributed by atoms with E-state index >= 15 is 0 Å². The van der Waals surface area contributed by atoms with Crippen LogP contribution in [0.3, 0.4) is 0 Å². The van der Waals surface area contributed by atoms with Crippen LogP contribution in [0.2, 0.25) is 0 Å². The Labute approximate surface area is 158 Å². The van der Waals surface area contributed by atoms with Gasteiger partial charge in [-0.05, 0) is 24.1 Å². The maximum Gasteiger partial charge on any atom is 0.232 e. The number of hydrogen-bond donors (Lipinski definition) is 2. The van der Waals surface area contributed by atoms with Crippen molar-refractivity contribution in [3.05, 3.63) is 59.2 Å². The van der Waals surface area contributed by atoms with Gasteiger partial charge in [0.25, 0.3) is 0 Å². The number of rotatable bonds is 7. The van der Waals surface area contributed by atoms with Crippen LogP contribution in [0.1, 0.15) is 29.3 Å². The van der Waals surface area contributed by atoms with Gasteiger partial charge < -0.3 is 4.98 Å². The van der Waals surface area contributed by atoms with Gasteiger partial charge in [-0.2, -0.15) is 0 Å². The topological polar surface area (TPSA) is 91.9 Å². The normalized spacial score (nSPS) is 11.7. The third kappa shape index (κ3) is 4.01. The Bertz CT molecular complexity index is 1160. The Morgan fingerprint density at radius 2 is 1.96 bits per heavy atom. The number of carbonyl (C=O) groups is 1. The molecule has 0 spiro atoms. The maximum atomic E-state index is 14.7. The van der Waals surface area contributed by atoms with E-state index in [-0.39, 0.29) is 12.2 Å². The van der Waals surface area contributed by atoms with E-state index in [0.717, 1.165) is 0 Å². The molecule has 3 aromatic rings. The number of H-pyrrole nitrogens is 1. The summed E-state index contributed by atoms with van der Waals surface area (Å²) in [5.74, 6) is -6.03. The van der Waals surface area contributed by atoms with Crippen molar-refractivity contribution in [3.63, 3.8) is 0 Å². The van der Waals surface area contributed by atoms with Crippen molar-refractivity contribution >= 4 is 32.5 Å². The summed E-state index contributed by atoms with van der Waals surface area (Å²) in [5.41, 5.74) is -1.00. The number of aromatic nitrogens is 2. The molecule has 2 heterocycles. The van der Waals surface area contributed by atoms with Crippen molar-refractivity contribution in [1.29, 1.82) is 0 Å². The van der Waals surface area contributed by atoms with E-state index in [1.165, 1.54) is 6.20 Å². The molecule has 28 heavy (non-hydrogen) atoms. The number of fused-ring (bicyclic) bond motifs is 1. The molecule has 0 saturated carbocycles. The van der Waals surface area contributed by atoms with Crippen LogP contribution in [0.4, 0.5) is 18.9 Å². The summed E-state index contributed by atoms with van der Waals surface area (Å²) in [5, 5.41) is 0.693. The first kappa shape index (κ1) is 19.9.